The molecule has 1 aliphatic rings. The highest BCUT2D eigenvalue weighted by atomic mass is 35.5. The molecular formula is C30H31Cl3N2O3. The number of hydrogen-bond acceptors (Lipinski definition) is 3. The largest absolute Gasteiger partial charge is 0.484 e. The Labute approximate surface area is 239 Å². The summed E-state index contributed by atoms with van der Waals surface area (Å²) >= 11 is 18.7. The van der Waals surface area contributed by atoms with Crippen LogP contribution in [0.4, 0.5) is 0 Å². The predicted molar refractivity (Wildman–Crippen MR) is 153 cm³/mol. The maximum absolute atomic E-state index is 13.8. The molecule has 4 rings (SSSR count). The molecule has 0 aliphatic heterocycles. The highest BCUT2D eigenvalue weighted by Gasteiger charge is 2.32. The molecule has 3 aromatic rings. The minimum Gasteiger partial charge on any atom is -0.484 e. The molecule has 5 nitrogen and oxygen atoms in total. The number of hydrogen-bond donors (Lipinski definition) is 1. The van der Waals surface area contributed by atoms with E-state index < -0.39 is 6.04 Å². The lowest BCUT2D eigenvalue weighted by molar-refractivity contribution is -0.143. The second-order valence-corrected chi connectivity index (χ2v) is 10.9. The highest BCUT2D eigenvalue weighted by Crippen LogP contribution is 2.26. The summed E-state index contributed by atoms with van der Waals surface area (Å²) < 4.78 is 5.85. The zero-order valence-electron chi connectivity index (χ0n) is 21.3. The molecule has 0 heterocycles. The van der Waals surface area contributed by atoms with Gasteiger partial charge in [-0.05, 0) is 66.8 Å². The van der Waals surface area contributed by atoms with Gasteiger partial charge in [-0.2, -0.15) is 0 Å². The summed E-state index contributed by atoms with van der Waals surface area (Å²) in [6, 6.07) is 19.4. The van der Waals surface area contributed by atoms with Gasteiger partial charge < -0.3 is 15.0 Å². The van der Waals surface area contributed by atoms with Gasteiger partial charge in [0.25, 0.3) is 5.91 Å². The van der Waals surface area contributed by atoms with Gasteiger partial charge in [0.05, 0.1) is 0 Å². The zero-order chi connectivity index (χ0) is 27.1. The van der Waals surface area contributed by atoms with Gasteiger partial charge in [0.15, 0.2) is 6.61 Å². The van der Waals surface area contributed by atoms with E-state index >= 15 is 0 Å². The molecule has 1 atom stereocenters. The summed E-state index contributed by atoms with van der Waals surface area (Å²) in [4.78, 5) is 29.0. The number of ether oxygens (including phenoxy) is 1. The summed E-state index contributed by atoms with van der Waals surface area (Å²) in [5.74, 6) is 0.0207. The minimum atomic E-state index is -0.757. The maximum Gasteiger partial charge on any atom is 0.261 e. The van der Waals surface area contributed by atoms with Gasteiger partial charge in [0, 0.05) is 34.1 Å². The van der Waals surface area contributed by atoms with Crippen molar-refractivity contribution < 1.29 is 14.3 Å². The third kappa shape index (κ3) is 7.66. The number of nitrogens with zero attached hydrogens (tertiary/aromatic N) is 1. The highest BCUT2D eigenvalue weighted by molar-refractivity contribution is 6.35. The molecule has 38 heavy (non-hydrogen) atoms. The van der Waals surface area contributed by atoms with E-state index in [1.54, 1.807) is 41.3 Å². The maximum atomic E-state index is 13.8. The Morgan fingerprint density at radius 1 is 0.974 bits per heavy atom. The van der Waals surface area contributed by atoms with Crippen LogP contribution in [0.3, 0.4) is 0 Å². The van der Waals surface area contributed by atoms with Crippen LogP contribution in [0.1, 0.15) is 42.4 Å². The molecule has 0 spiro atoms. The minimum absolute atomic E-state index is 0.116. The van der Waals surface area contributed by atoms with E-state index in [0.717, 1.165) is 36.8 Å². The van der Waals surface area contributed by atoms with E-state index in [0.29, 0.717) is 32.8 Å². The van der Waals surface area contributed by atoms with Crippen molar-refractivity contribution in [1.29, 1.82) is 0 Å². The fraction of sp³-hybridized carbons (Fsp3) is 0.333. The molecule has 1 saturated carbocycles. The summed E-state index contributed by atoms with van der Waals surface area (Å²) in [6.07, 6.45) is 4.42. The summed E-state index contributed by atoms with van der Waals surface area (Å²) in [5, 5.41) is 4.74. The SMILES string of the molecule is Cc1cc(OCC(=O)N(Cc2ccc(Cl)cc2Cl)[C@H](Cc2ccccc2)C(=O)NC2CCCC2)ccc1Cl. The molecule has 1 fully saturated rings. The second-order valence-electron chi connectivity index (χ2n) is 9.65. The average molecular weight is 574 g/mol. The van der Waals surface area contributed by atoms with Crippen LogP contribution in [0, 0.1) is 6.92 Å². The summed E-state index contributed by atoms with van der Waals surface area (Å²) in [6.45, 7) is 1.76. The Balaban J connectivity index is 1.63. The monoisotopic (exact) mass is 572 g/mol. The first-order chi connectivity index (χ1) is 18.3. The van der Waals surface area contributed by atoms with Crippen molar-refractivity contribution in [3.8, 4) is 5.75 Å². The first-order valence-corrected chi connectivity index (χ1v) is 13.9. The van der Waals surface area contributed by atoms with Crippen molar-refractivity contribution in [2.24, 2.45) is 0 Å². The number of amides is 2. The molecule has 2 amide bonds. The molecule has 200 valence electrons. The van der Waals surface area contributed by atoms with Crippen molar-refractivity contribution in [3.63, 3.8) is 0 Å². The van der Waals surface area contributed by atoms with Gasteiger partial charge in [-0.1, -0.05) is 84.0 Å². The van der Waals surface area contributed by atoms with E-state index in [-0.39, 0.29) is 31.0 Å². The van der Waals surface area contributed by atoms with Crippen molar-refractivity contribution >= 4 is 46.6 Å². The Hall–Kier alpha value is -2.73. The third-order valence-corrected chi connectivity index (χ3v) is 7.83. The smallest absolute Gasteiger partial charge is 0.261 e. The number of halogens is 3. The van der Waals surface area contributed by atoms with Crippen LogP contribution in [-0.4, -0.2) is 35.4 Å². The number of carbonyl (C=O) groups is 2. The number of nitrogens with one attached hydrogen (secondary N) is 1. The lowest BCUT2D eigenvalue weighted by Crippen LogP contribution is -2.53. The zero-order valence-corrected chi connectivity index (χ0v) is 23.5. The van der Waals surface area contributed by atoms with Crippen LogP contribution in [0.15, 0.2) is 66.7 Å². The van der Waals surface area contributed by atoms with Gasteiger partial charge in [0.1, 0.15) is 11.8 Å². The van der Waals surface area contributed by atoms with Crippen LogP contribution in [0.25, 0.3) is 0 Å². The molecule has 1 N–H and O–H groups in total. The lowest BCUT2D eigenvalue weighted by Gasteiger charge is -2.32. The molecule has 1 aliphatic carbocycles. The molecule has 0 aromatic heterocycles. The van der Waals surface area contributed by atoms with Gasteiger partial charge in [0.2, 0.25) is 5.91 Å². The molecule has 0 saturated heterocycles. The molecule has 0 radical (unpaired) electrons. The Morgan fingerprint density at radius 3 is 2.39 bits per heavy atom. The Kier molecular flexibility index (Phi) is 9.95. The normalized spacial score (nSPS) is 14.2. The van der Waals surface area contributed by atoms with Gasteiger partial charge in [-0.25, -0.2) is 0 Å². The number of rotatable bonds is 10. The summed E-state index contributed by atoms with van der Waals surface area (Å²) in [5.41, 5.74) is 2.49. The van der Waals surface area contributed by atoms with Crippen molar-refractivity contribution in [1.82, 2.24) is 10.2 Å². The average Bonchev–Trinajstić information content (AvgIpc) is 3.41. The number of carbonyl (C=O) groups excluding carboxylic acids is 2. The van der Waals surface area contributed by atoms with Crippen molar-refractivity contribution in [3.05, 3.63) is 98.5 Å². The second kappa shape index (κ2) is 13.4. The van der Waals surface area contributed by atoms with Gasteiger partial charge in [-0.3, -0.25) is 9.59 Å². The topological polar surface area (TPSA) is 58.6 Å². The van der Waals surface area contributed by atoms with E-state index in [1.807, 2.05) is 37.3 Å². The molecule has 3 aromatic carbocycles. The van der Waals surface area contributed by atoms with Crippen LogP contribution in [-0.2, 0) is 22.6 Å². The quantitative estimate of drug-likeness (QED) is 0.283. The Morgan fingerprint density at radius 2 is 1.71 bits per heavy atom. The summed E-state index contributed by atoms with van der Waals surface area (Å²) in [7, 11) is 0. The fourth-order valence-corrected chi connectivity index (χ4v) is 5.28. The van der Waals surface area contributed by atoms with Crippen molar-refractivity contribution in [2.45, 2.75) is 57.7 Å². The standard InChI is InChI=1S/C30H31Cl3N2O3/c1-20-15-25(13-14-26(20)32)38-19-29(36)35(18-22-11-12-23(31)17-27(22)33)28(16-21-7-3-2-4-8-21)30(37)34-24-9-5-6-10-24/h2-4,7-8,11-15,17,24,28H,5-6,9-10,16,18-19H2,1H3,(H,34,37)/t28-/m1/s1. The number of benzene rings is 3. The van der Waals surface area contributed by atoms with Gasteiger partial charge in [-0.15, -0.1) is 0 Å². The predicted octanol–water partition coefficient (Wildman–Crippen LogP) is 7.03. The van der Waals surface area contributed by atoms with Crippen LogP contribution >= 0.6 is 34.8 Å². The van der Waals surface area contributed by atoms with E-state index in [4.69, 9.17) is 39.5 Å². The molecule has 8 heteroatoms. The fourth-order valence-electron chi connectivity index (χ4n) is 4.69. The molecule has 0 bridgehead atoms. The molecular weight excluding hydrogens is 543 g/mol. The van der Waals surface area contributed by atoms with E-state index in [1.165, 1.54) is 0 Å². The van der Waals surface area contributed by atoms with Crippen molar-refractivity contribution in [2.75, 3.05) is 6.61 Å². The van der Waals surface area contributed by atoms with Crippen LogP contribution in [0.2, 0.25) is 15.1 Å². The lowest BCUT2D eigenvalue weighted by atomic mass is 10.0. The third-order valence-electron chi connectivity index (χ3n) is 6.82. The van der Waals surface area contributed by atoms with Gasteiger partial charge >= 0.3 is 0 Å². The first kappa shape index (κ1) is 28.3. The van der Waals surface area contributed by atoms with Crippen LogP contribution in [0.5, 0.6) is 5.75 Å². The van der Waals surface area contributed by atoms with E-state index in [2.05, 4.69) is 5.32 Å². The Bertz CT molecular complexity index is 1260. The van der Waals surface area contributed by atoms with E-state index in [9.17, 15) is 9.59 Å². The molecule has 0 unspecified atom stereocenters. The first-order valence-electron chi connectivity index (χ1n) is 12.8. The van der Waals surface area contributed by atoms with Crippen LogP contribution < -0.4 is 10.1 Å². The number of aryl methyl sites for hydroxylation is 1.